The van der Waals surface area contributed by atoms with Crippen LogP contribution in [0.25, 0.3) is 0 Å². The van der Waals surface area contributed by atoms with E-state index in [1.807, 2.05) is 0 Å². The van der Waals surface area contributed by atoms with E-state index in [1.165, 1.54) is 16.7 Å². The predicted octanol–water partition coefficient (Wildman–Crippen LogP) is 2.01. The van der Waals surface area contributed by atoms with Gasteiger partial charge in [-0.3, -0.25) is 4.79 Å². The first kappa shape index (κ1) is 18.4. The number of benzene rings is 1. The zero-order chi connectivity index (χ0) is 17.7. The summed E-state index contributed by atoms with van der Waals surface area (Å²) in [7, 11) is 1.69. The summed E-state index contributed by atoms with van der Waals surface area (Å²) in [5, 5.41) is 3.31. The molecule has 0 saturated carbocycles. The summed E-state index contributed by atoms with van der Waals surface area (Å²) < 4.78 is 10.5. The van der Waals surface area contributed by atoms with Crippen LogP contribution in [0.5, 0.6) is 0 Å². The van der Waals surface area contributed by atoms with Crippen LogP contribution >= 0.6 is 0 Å². The summed E-state index contributed by atoms with van der Waals surface area (Å²) in [5.41, 5.74) is 3.61. The van der Waals surface area contributed by atoms with Crippen molar-refractivity contribution >= 4 is 5.91 Å². The Balaban J connectivity index is 1.54. The second-order valence-electron chi connectivity index (χ2n) is 7.27. The summed E-state index contributed by atoms with van der Waals surface area (Å²) in [6.45, 7) is 7.29. The van der Waals surface area contributed by atoms with Crippen LogP contribution < -0.4 is 5.32 Å². The van der Waals surface area contributed by atoms with Crippen molar-refractivity contribution in [3.05, 3.63) is 34.9 Å². The van der Waals surface area contributed by atoms with E-state index in [9.17, 15) is 4.79 Å². The van der Waals surface area contributed by atoms with Gasteiger partial charge >= 0.3 is 0 Å². The molecule has 1 fully saturated rings. The molecule has 0 aromatic heterocycles. The third-order valence-electron chi connectivity index (χ3n) is 5.41. The van der Waals surface area contributed by atoms with Crippen molar-refractivity contribution in [1.82, 2.24) is 10.2 Å². The van der Waals surface area contributed by atoms with Crippen LogP contribution in [-0.4, -0.2) is 57.4 Å². The second-order valence-corrected chi connectivity index (χ2v) is 7.27. The van der Waals surface area contributed by atoms with Crippen molar-refractivity contribution in [3.8, 4) is 0 Å². The Morgan fingerprint density at radius 3 is 2.76 bits per heavy atom. The Morgan fingerprint density at radius 1 is 1.20 bits per heavy atom. The molecule has 0 bridgehead atoms. The van der Waals surface area contributed by atoms with Crippen LogP contribution in [-0.2, 0) is 26.2 Å². The molecule has 2 heterocycles. The number of rotatable bonds is 7. The number of likely N-dealkylation sites (tertiary alicyclic amines) is 1. The Kier molecular flexibility index (Phi) is 6.10. The van der Waals surface area contributed by atoms with Gasteiger partial charge in [0, 0.05) is 33.4 Å². The topological polar surface area (TPSA) is 50.8 Å². The number of carbonyl (C=O) groups excluding carboxylic acids is 1. The minimum absolute atomic E-state index is 0.163. The third kappa shape index (κ3) is 4.40. The lowest BCUT2D eigenvalue weighted by Gasteiger charge is -2.45. The molecule has 1 amide bonds. The third-order valence-corrected chi connectivity index (χ3v) is 5.41. The highest BCUT2D eigenvalue weighted by atomic mass is 16.5. The molecule has 25 heavy (non-hydrogen) atoms. The lowest BCUT2D eigenvalue weighted by molar-refractivity contribution is -0.124. The molecule has 2 aliphatic rings. The number of carbonyl (C=O) groups is 1. The van der Waals surface area contributed by atoms with Crippen LogP contribution in [0, 0.1) is 6.92 Å². The fourth-order valence-electron chi connectivity index (χ4n) is 4.07. The zero-order valence-corrected chi connectivity index (χ0v) is 15.5. The van der Waals surface area contributed by atoms with E-state index in [-0.39, 0.29) is 11.4 Å². The van der Waals surface area contributed by atoms with Gasteiger partial charge in [0.2, 0.25) is 5.91 Å². The highest BCUT2D eigenvalue weighted by Crippen LogP contribution is 2.38. The maximum atomic E-state index is 12.2. The Hall–Kier alpha value is -1.43. The molecule has 1 spiro atoms. The van der Waals surface area contributed by atoms with E-state index in [0.717, 1.165) is 45.5 Å². The number of methoxy groups -OCH3 is 1. The maximum Gasteiger partial charge on any atom is 0.225 e. The van der Waals surface area contributed by atoms with Crippen molar-refractivity contribution in [2.24, 2.45) is 0 Å². The normalized spacial score (nSPS) is 19.7. The molecule has 5 heteroatoms. The van der Waals surface area contributed by atoms with Gasteiger partial charge < -0.3 is 19.7 Å². The molecular formula is C20H30N2O3. The SMILES string of the molecule is COCCOCCCN1CCC2(CC1)NC(=O)Cc1cc(C)ccc12. The average Bonchev–Trinajstić information content (AvgIpc) is 2.59. The van der Waals surface area contributed by atoms with E-state index in [2.05, 4.69) is 35.3 Å². The molecule has 1 aromatic rings. The standard InChI is InChI=1S/C20H30N2O3/c1-16-4-5-18-17(14-16)15-19(23)21-20(18)6-9-22(10-7-20)8-3-11-25-13-12-24-2/h4-5,14H,3,6-13,15H2,1-2H3,(H,21,23). The van der Waals surface area contributed by atoms with E-state index >= 15 is 0 Å². The first-order valence-electron chi connectivity index (χ1n) is 9.33. The molecule has 2 aliphatic heterocycles. The van der Waals surface area contributed by atoms with Gasteiger partial charge in [-0.2, -0.15) is 0 Å². The minimum Gasteiger partial charge on any atom is -0.382 e. The highest BCUT2D eigenvalue weighted by molar-refractivity contribution is 5.82. The van der Waals surface area contributed by atoms with E-state index < -0.39 is 0 Å². The summed E-state index contributed by atoms with van der Waals surface area (Å²) in [4.78, 5) is 14.7. The molecule has 138 valence electrons. The summed E-state index contributed by atoms with van der Waals surface area (Å²) in [6.07, 6.45) is 3.53. The monoisotopic (exact) mass is 346 g/mol. The van der Waals surface area contributed by atoms with Crippen molar-refractivity contribution in [1.29, 1.82) is 0 Å². The van der Waals surface area contributed by atoms with Gasteiger partial charge in [0.1, 0.15) is 0 Å². The molecule has 0 unspecified atom stereocenters. The number of aryl methyl sites for hydroxylation is 1. The number of ether oxygens (including phenoxy) is 2. The molecule has 3 rings (SSSR count). The number of nitrogens with zero attached hydrogens (tertiary/aromatic N) is 1. The van der Waals surface area contributed by atoms with Gasteiger partial charge in [-0.25, -0.2) is 0 Å². The largest absolute Gasteiger partial charge is 0.382 e. The molecule has 1 N–H and O–H groups in total. The highest BCUT2D eigenvalue weighted by Gasteiger charge is 2.41. The number of nitrogens with one attached hydrogen (secondary N) is 1. The van der Waals surface area contributed by atoms with Gasteiger partial charge in [-0.15, -0.1) is 0 Å². The predicted molar refractivity (Wildman–Crippen MR) is 97.7 cm³/mol. The fraction of sp³-hybridized carbons (Fsp3) is 0.650. The minimum atomic E-state index is -0.163. The summed E-state index contributed by atoms with van der Waals surface area (Å²) >= 11 is 0. The van der Waals surface area contributed by atoms with Crippen LogP contribution in [0.15, 0.2) is 18.2 Å². The Bertz CT molecular complexity index is 595. The number of hydrogen-bond donors (Lipinski definition) is 1. The second kappa shape index (κ2) is 8.30. The first-order chi connectivity index (χ1) is 12.1. The van der Waals surface area contributed by atoms with Gasteiger partial charge in [0.25, 0.3) is 0 Å². The summed E-state index contributed by atoms with van der Waals surface area (Å²) in [6, 6.07) is 6.57. The van der Waals surface area contributed by atoms with Crippen LogP contribution in [0.2, 0.25) is 0 Å². The van der Waals surface area contributed by atoms with Crippen LogP contribution in [0.4, 0.5) is 0 Å². The lowest BCUT2D eigenvalue weighted by atomic mass is 9.75. The van der Waals surface area contributed by atoms with Crippen molar-refractivity contribution < 1.29 is 14.3 Å². The Labute approximate surface area is 150 Å². The number of hydrogen-bond acceptors (Lipinski definition) is 4. The fourth-order valence-corrected chi connectivity index (χ4v) is 4.07. The molecule has 0 atom stereocenters. The van der Waals surface area contributed by atoms with Crippen molar-refractivity contribution in [3.63, 3.8) is 0 Å². The van der Waals surface area contributed by atoms with Crippen LogP contribution in [0.1, 0.15) is 36.0 Å². The van der Waals surface area contributed by atoms with E-state index in [4.69, 9.17) is 9.47 Å². The molecular weight excluding hydrogens is 316 g/mol. The number of piperidine rings is 1. The van der Waals surface area contributed by atoms with Gasteiger partial charge in [0.05, 0.1) is 25.2 Å². The van der Waals surface area contributed by atoms with E-state index in [0.29, 0.717) is 19.6 Å². The maximum absolute atomic E-state index is 12.2. The Morgan fingerprint density at radius 2 is 2.00 bits per heavy atom. The van der Waals surface area contributed by atoms with Crippen molar-refractivity contribution in [2.75, 3.05) is 46.6 Å². The van der Waals surface area contributed by atoms with Gasteiger partial charge in [-0.1, -0.05) is 23.8 Å². The van der Waals surface area contributed by atoms with Crippen LogP contribution in [0.3, 0.4) is 0 Å². The summed E-state index contributed by atoms with van der Waals surface area (Å²) in [5.74, 6) is 0.165. The first-order valence-corrected chi connectivity index (χ1v) is 9.33. The molecule has 0 radical (unpaired) electrons. The van der Waals surface area contributed by atoms with Gasteiger partial charge in [-0.05, 0) is 37.3 Å². The quantitative estimate of drug-likeness (QED) is 0.768. The number of amides is 1. The lowest BCUT2D eigenvalue weighted by Crippen LogP contribution is -2.56. The molecule has 0 aliphatic carbocycles. The molecule has 1 aromatic carbocycles. The average molecular weight is 346 g/mol. The molecule has 1 saturated heterocycles. The van der Waals surface area contributed by atoms with Crippen molar-refractivity contribution in [2.45, 2.75) is 38.1 Å². The number of fused-ring (bicyclic) bond motifs is 2. The smallest absolute Gasteiger partial charge is 0.225 e. The van der Waals surface area contributed by atoms with Gasteiger partial charge in [0.15, 0.2) is 0 Å². The van der Waals surface area contributed by atoms with E-state index in [1.54, 1.807) is 7.11 Å². The molecule has 5 nitrogen and oxygen atoms in total. The zero-order valence-electron chi connectivity index (χ0n) is 15.5.